The van der Waals surface area contributed by atoms with Crippen LogP contribution in [0.1, 0.15) is 20.8 Å². The second-order valence-electron chi connectivity index (χ2n) is 7.61. The van der Waals surface area contributed by atoms with Gasteiger partial charge >= 0.3 is 0 Å². The second kappa shape index (κ2) is 16.0. The summed E-state index contributed by atoms with van der Waals surface area (Å²) in [5, 5.41) is 17.7. The Morgan fingerprint density at radius 2 is 1.06 bits per heavy atom. The van der Waals surface area contributed by atoms with Gasteiger partial charge in [-0.25, -0.2) is 0 Å². The number of halogens is 2. The van der Waals surface area contributed by atoms with E-state index >= 15 is 0 Å². The van der Waals surface area contributed by atoms with Crippen molar-refractivity contribution in [2.45, 2.75) is 33.0 Å². The van der Waals surface area contributed by atoms with Gasteiger partial charge < -0.3 is 20.2 Å². The van der Waals surface area contributed by atoms with Gasteiger partial charge in [0.1, 0.15) is 0 Å². The molecule has 2 N–H and O–H groups in total. The predicted octanol–water partition coefficient (Wildman–Crippen LogP) is 5.76. The summed E-state index contributed by atoms with van der Waals surface area (Å²) in [6.07, 6.45) is 2.59. The first-order valence-electron chi connectivity index (χ1n) is 10.8. The van der Waals surface area contributed by atoms with Crippen molar-refractivity contribution in [3.8, 4) is 22.5 Å². The van der Waals surface area contributed by atoms with Crippen molar-refractivity contribution in [1.82, 2.24) is 9.97 Å². The molecule has 0 amide bonds. The molecule has 0 saturated carbocycles. The largest absolute Gasteiger partial charge is 0.393 e. The van der Waals surface area contributed by atoms with E-state index in [1.165, 1.54) is 24.3 Å². The quantitative estimate of drug-likeness (QED) is 0.275. The van der Waals surface area contributed by atoms with Crippen molar-refractivity contribution in [1.29, 1.82) is 0 Å². The van der Waals surface area contributed by atoms with Gasteiger partial charge in [-0.3, -0.25) is 8.78 Å². The predicted molar refractivity (Wildman–Crippen MR) is 129 cm³/mol. The van der Waals surface area contributed by atoms with Crippen molar-refractivity contribution in [2.24, 2.45) is 5.92 Å². The summed E-state index contributed by atoms with van der Waals surface area (Å²) in [5.41, 5.74) is 3.23. The van der Waals surface area contributed by atoms with Crippen molar-refractivity contribution in [2.75, 3.05) is 0 Å². The van der Waals surface area contributed by atoms with Crippen LogP contribution in [0.2, 0.25) is 0 Å². The fourth-order valence-electron chi connectivity index (χ4n) is 2.58. The summed E-state index contributed by atoms with van der Waals surface area (Å²) in [6, 6.07) is 25.6. The van der Waals surface area contributed by atoms with E-state index in [4.69, 9.17) is 10.2 Å². The normalized spacial score (nSPS) is 12.4. The average molecular weight is 655 g/mol. The maximum atomic E-state index is 12.6. The third-order valence-electron chi connectivity index (χ3n) is 4.95. The molecular weight excluding hydrogens is 627 g/mol. The molecule has 187 valence electrons. The molecule has 4 nitrogen and oxygen atoms in total. The molecule has 7 heteroatoms. The number of nitrogens with zero attached hydrogens (tertiary/aromatic N) is 2. The molecule has 4 rings (SSSR count). The van der Waals surface area contributed by atoms with Gasteiger partial charge in [-0.15, -0.1) is 59.7 Å². The van der Waals surface area contributed by atoms with Gasteiger partial charge in [0.05, 0.1) is 12.2 Å². The third-order valence-corrected chi connectivity index (χ3v) is 4.95. The number of aliphatic hydroxyl groups excluding tert-OH is 2. The molecule has 35 heavy (non-hydrogen) atoms. The van der Waals surface area contributed by atoms with Crippen molar-refractivity contribution < 1.29 is 39.1 Å². The molecule has 2 heterocycles. The Morgan fingerprint density at radius 3 is 1.29 bits per heavy atom. The maximum Gasteiger partial charge on any atom is 0.0562 e. The summed E-state index contributed by atoms with van der Waals surface area (Å²) in [4.78, 5) is 8.25. The maximum absolute atomic E-state index is 12.6. The zero-order valence-corrected chi connectivity index (χ0v) is 22.1. The Hall–Kier alpha value is -2.83. The van der Waals surface area contributed by atoms with Gasteiger partial charge in [-0.1, -0.05) is 31.2 Å². The van der Waals surface area contributed by atoms with E-state index in [-0.39, 0.29) is 37.7 Å². The van der Waals surface area contributed by atoms with Crippen LogP contribution in [0.4, 0.5) is 8.78 Å². The summed E-state index contributed by atoms with van der Waals surface area (Å²) in [7, 11) is 0. The fourth-order valence-corrected chi connectivity index (χ4v) is 2.58. The van der Waals surface area contributed by atoms with E-state index in [2.05, 4.69) is 22.1 Å². The van der Waals surface area contributed by atoms with Gasteiger partial charge in [0, 0.05) is 50.1 Å². The molecule has 2 unspecified atom stereocenters. The van der Waals surface area contributed by atoms with E-state index in [9.17, 15) is 8.78 Å². The zero-order chi connectivity index (χ0) is 24.9. The van der Waals surface area contributed by atoms with Crippen LogP contribution in [-0.4, -0.2) is 32.4 Å². The van der Waals surface area contributed by atoms with E-state index < -0.39 is 12.2 Å². The van der Waals surface area contributed by atoms with Gasteiger partial charge in [-0.2, -0.15) is 0 Å². The minimum atomic E-state index is -0.407. The van der Waals surface area contributed by atoms with Crippen LogP contribution >= 0.6 is 0 Å². The standard InChI is InChI=1S/2C11H7FN.C6H14O2.Ir/c2*12-10-6-4-9(5-7-10)11-3-1-2-8-13-11;1-4(5(2)7)6(3)8;/h2*1-4,6-8H;4-8H,1-3H3;/q2*-1;;. The topological polar surface area (TPSA) is 66.2 Å². The molecule has 1 radical (unpaired) electrons. The Kier molecular flexibility index (Phi) is 13.8. The Labute approximate surface area is 219 Å². The van der Waals surface area contributed by atoms with Gasteiger partial charge in [0.2, 0.25) is 0 Å². The number of aromatic nitrogens is 2. The molecular formula is C28H28F2IrN2O2-2. The summed E-state index contributed by atoms with van der Waals surface area (Å²) >= 11 is 0. The number of rotatable bonds is 4. The van der Waals surface area contributed by atoms with Gasteiger partial charge in [0.15, 0.2) is 0 Å². The molecule has 2 aromatic carbocycles. The molecule has 2 atom stereocenters. The van der Waals surface area contributed by atoms with E-state index in [0.29, 0.717) is 0 Å². The van der Waals surface area contributed by atoms with Crippen LogP contribution in [0.3, 0.4) is 0 Å². The first-order chi connectivity index (χ1) is 16.3. The van der Waals surface area contributed by atoms with Crippen molar-refractivity contribution in [3.05, 3.63) is 109 Å². The number of aliphatic hydroxyl groups is 2. The van der Waals surface area contributed by atoms with Gasteiger partial charge in [0.25, 0.3) is 0 Å². The van der Waals surface area contributed by atoms with E-state index in [1.54, 1.807) is 38.4 Å². The molecule has 0 aliphatic heterocycles. The molecule has 2 aromatic heterocycles. The van der Waals surface area contributed by atoms with Crippen LogP contribution in [0, 0.1) is 29.7 Å². The minimum Gasteiger partial charge on any atom is -0.393 e. The summed E-state index contributed by atoms with van der Waals surface area (Å²) in [6.45, 7) is 5.17. The average Bonchev–Trinajstić information content (AvgIpc) is 2.86. The van der Waals surface area contributed by atoms with Gasteiger partial charge in [-0.05, 0) is 37.4 Å². The molecule has 0 saturated heterocycles. The minimum absolute atomic E-state index is 0. The monoisotopic (exact) mass is 655 g/mol. The molecule has 0 aliphatic carbocycles. The van der Waals surface area contributed by atoms with E-state index in [0.717, 1.165) is 22.5 Å². The SMILES string of the molecule is CC(O)C(C)C(C)O.Fc1c[c-]c(-c2ccccn2)cc1.Fc1c[c-]c(-c2ccccn2)cc1.[Ir]. The van der Waals surface area contributed by atoms with Crippen molar-refractivity contribution >= 4 is 0 Å². The fraction of sp³-hybridized carbons (Fsp3) is 0.214. The van der Waals surface area contributed by atoms with Crippen LogP contribution in [0.5, 0.6) is 0 Å². The zero-order valence-electron chi connectivity index (χ0n) is 19.7. The van der Waals surface area contributed by atoms with Crippen LogP contribution < -0.4 is 0 Å². The summed E-state index contributed by atoms with van der Waals surface area (Å²) < 4.78 is 25.1. The molecule has 0 spiro atoms. The van der Waals surface area contributed by atoms with Crippen LogP contribution in [0.25, 0.3) is 22.5 Å². The number of benzene rings is 2. The Bertz CT molecular complexity index is 990. The number of pyridine rings is 2. The first kappa shape index (κ1) is 30.2. The Balaban J connectivity index is 0.000000268. The molecule has 0 aliphatic rings. The Morgan fingerprint density at radius 1 is 0.657 bits per heavy atom. The molecule has 0 bridgehead atoms. The van der Waals surface area contributed by atoms with Crippen LogP contribution in [0.15, 0.2) is 85.2 Å². The molecule has 0 fully saturated rings. The number of hydrogen-bond acceptors (Lipinski definition) is 4. The second-order valence-corrected chi connectivity index (χ2v) is 7.61. The third kappa shape index (κ3) is 11.0. The first-order valence-corrected chi connectivity index (χ1v) is 10.8. The van der Waals surface area contributed by atoms with E-state index in [1.807, 2.05) is 43.3 Å². The van der Waals surface area contributed by atoms with Crippen LogP contribution in [-0.2, 0) is 20.1 Å². The van der Waals surface area contributed by atoms with Crippen molar-refractivity contribution in [3.63, 3.8) is 0 Å². The summed E-state index contributed by atoms with van der Waals surface area (Å²) in [5.74, 6) is -0.575. The molecule has 4 aromatic rings. The number of hydrogen-bond donors (Lipinski definition) is 2. The smallest absolute Gasteiger partial charge is 0.0562 e.